The lowest BCUT2D eigenvalue weighted by Crippen LogP contribution is -2.14. The van der Waals surface area contributed by atoms with Crippen LogP contribution in [0.3, 0.4) is 0 Å². The molecule has 2 aromatic carbocycles. The highest BCUT2D eigenvalue weighted by Gasteiger charge is 2.11. The van der Waals surface area contributed by atoms with E-state index in [0.717, 1.165) is 5.56 Å². The maximum atomic E-state index is 12.3. The van der Waals surface area contributed by atoms with Crippen molar-refractivity contribution in [1.82, 2.24) is 19.8 Å². The molecule has 0 saturated heterocycles. The average Bonchev–Trinajstić information content (AvgIpc) is 3.17. The van der Waals surface area contributed by atoms with Crippen molar-refractivity contribution in [1.29, 1.82) is 0 Å². The third-order valence-electron chi connectivity index (χ3n) is 4.11. The molecule has 150 valence electrons. The van der Waals surface area contributed by atoms with Crippen LogP contribution in [0.4, 0.5) is 11.4 Å². The maximum Gasteiger partial charge on any atom is 0.234 e. The third-order valence-corrected chi connectivity index (χ3v) is 5.03. The van der Waals surface area contributed by atoms with E-state index in [0.29, 0.717) is 27.9 Å². The van der Waals surface area contributed by atoms with Crippen molar-refractivity contribution in [3.8, 4) is 11.4 Å². The minimum Gasteiger partial charge on any atom is -0.326 e. The van der Waals surface area contributed by atoms with Crippen LogP contribution < -0.4 is 10.6 Å². The van der Waals surface area contributed by atoms with Gasteiger partial charge in [0, 0.05) is 23.9 Å². The molecule has 0 aliphatic rings. The first-order chi connectivity index (χ1) is 14.6. The lowest BCUT2D eigenvalue weighted by Gasteiger charge is -2.07. The fraction of sp³-hybridized carbons (Fsp3) is 0.0952. The van der Waals surface area contributed by atoms with Gasteiger partial charge in [0.25, 0.3) is 0 Å². The van der Waals surface area contributed by atoms with E-state index in [9.17, 15) is 9.59 Å². The van der Waals surface area contributed by atoms with Gasteiger partial charge >= 0.3 is 0 Å². The van der Waals surface area contributed by atoms with E-state index in [4.69, 9.17) is 0 Å². The number of thioether (sulfide) groups is 1. The number of carbonyl (C=O) groups excluding carboxylic acids is 2. The fourth-order valence-electron chi connectivity index (χ4n) is 2.79. The Morgan fingerprint density at radius 2 is 1.60 bits per heavy atom. The summed E-state index contributed by atoms with van der Waals surface area (Å²) in [6.45, 7) is 1.45. The van der Waals surface area contributed by atoms with Crippen LogP contribution in [0.25, 0.3) is 17.0 Å². The van der Waals surface area contributed by atoms with Crippen molar-refractivity contribution in [2.75, 3.05) is 16.4 Å². The number of carbonyl (C=O) groups is 2. The van der Waals surface area contributed by atoms with Crippen molar-refractivity contribution in [2.24, 2.45) is 0 Å². The molecular formula is C21H18N6O2S. The number of anilines is 2. The molecule has 0 fully saturated rings. The molecule has 0 atom stereocenters. The highest BCUT2D eigenvalue weighted by Crippen LogP contribution is 2.21. The second-order valence-electron chi connectivity index (χ2n) is 6.43. The number of benzene rings is 2. The molecule has 0 aliphatic heterocycles. The van der Waals surface area contributed by atoms with Gasteiger partial charge in [0.2, 0.25) is 11.8 Å². The predicted octanol–water partition coefficient (Wildman–Crippen LogP) is 3.48. The van der Waals surface area contributed by atoms with Gasteiger partial charge in [-0.3, -0.25) is 9.59 Å². The molecule has 4 aromatic rings. The number of hydrogen-bond donors (Lipinski definition) is 2. The quantitative estimate of drug-likeness (QED) is 0.465. The molecule has 2 amide bonds. The van der Waals surface area contributed by atoms with Gasteiger partial charge in [-0.05, 0) is 36.4 Å². The van der Waals surface area contributed by atoms with Crippen LogP contribution in [0.1, 0.15) is 6.92 Å². The Bertz CT molecular complexity index is 1190. The molecule has 8 nitrogen and oxygen atoms in total. The zero-order valence-electron chi connectivity index (χ0n) is 16.1. The van der Waals surface area contributed by atoms with Gasteiger partial charge in [0.05, 0.1) is 5.75 Å². The van der Waals surface area contributed by atoms with Crippen LogP contribution in [-0.2, 0) is 9.59 Å². The first kappa shape index (κ1) is 19.6. The van der Waals surface area contributed by atoms with Crippen LogP contribution >= 0.6 is 11.8 Å². The third kappa shape index (κ3) is 4.64. The highest BCUT2D eigenvalue weighted by molar-refractivity contribution is 7.99. The summed E-state index contributed by atoms with van der Waals surface area (Å²) in [5.41, 5.74) is 2.89. The molecule has 2 N–H and O–H groups in total. The van der Waals surface area contributed by atoms with Crippen LogP contribution in [-0.4, -0.2) is 37.4 Å². The first-order valence-corrected chi connectivity index (χ1v) is 10.2. The fourth-order valence-corrected chi connectivity index (χ4v) is 3.45. The second-order valence-corrected chi connectivity index (χ2v) is 7.42. The summed E-state index contributed by atoms with van der Waals surface area (Å²) in [4.78, 5) is 23.4. The zero-order valence-corrected chi connectivity index (χ0v) is 16.9. The van der Waals surface area contributed by atoms with Gasteiger partial charge < -0.3 is 10.6 Å². The smallest absolute Gasteiger partial charge is 0.234 e. The maximum absolute atomic E-state index is 12.3. The minimum atomic E-state index is -0.152. The summed E-state index contributed by atoms with van der Waals surface area (Å²) in [6, 6.07) is 20.3. The van der Waals surface area contributed by atoms with Crippen LogP contribution in [0, 0.1) is 0 Å². The molecular weight excluding hydrogens is 400 g/mol. The summed E-state index contributed by atoms with van der Waals surface area (Å²) in [5, 5.41) is 19.1. The Morgan fingerprint density at radius 3 is 2.30 bits per heavy atom. The zero-order chi connectivity index (χ0) is 20.9. The molecule has 0 bridgehead atoms. The van der Waals surface area contributed by atoms with E-state index in [2.05, 4.69) is 25.9 Å². The molecule has 2 heterocycles. The Balaban J connectivity index is 1.41. The molecule has 0 unspecified atom stereocenters. The largest absolute Gasteiger partial charge is 0.326 e. The summed E-state index contributed by atoms with van der Waals surface area (Å²) < 4.78 is 1.68. The van der Waals surface area contributed by atoms with E-state index >= 15 is 0 Å². The molecule has 0 saturated carbocycles. The molecule has 9 heteroatoms. The van der Waals surface area contributed by atoms with Crippen LogP contribution in [0.2, 0.25) is 0 Å². The first-order valence-electron chi connectivity index (χ1n) is 9.17. The van der Waals surface area contributed by atoms with Crippen molar-refractivity contribution < 1.29 is 9.59 Å². The molecule has 0 radical (unpaired) electrons. The number of amides is 2. The molecule has 0 spiro atoms. The predicted molar refractivity (Wildman–Crippen MR) is 116 cm³/mol. The van der Waals surface area contributed by atoms with E-state index in [-0.39, 0.29) is 17.6 Å². The Labute approximate surface area is 176 Å². The number of rotatable bonds is 6. The molecule has 2 aromatic heterocycles. The van der Waals surface area contributed by atoms with Crippen molar-refractivity contribution in [2.45, 2.75) is 11.9 Å². The molecule has 4 rings (SSSR count). The second kappa shape index (κ2) is 8.75. The van der Waals surface area contributed by atoms with E-state index in [1.807, 2.05) is 42.5 Å². The Kier molecular flexibility index (Phi) is 5.71. The van der Waals surface area contributed by atoms with Gasteiger partial charge in [0.15, 0.2) is 11.5 Å². The van der Waals surface area contributed by atoms with Crippen molar-refractivity contribution in [3.05, 3.63) is 66.7 Å². The van der Waals surface area contributed by atoms with Crippen LogP contribution in [0.15, 0.2) is 71.8 Å². The number of aromatic nitrogens is 4. The normalized spacial score (nSPS) is 10.7. The SMILES string of the molecule is CC(=O)Nc1ccc(NC(=O)CSc2ccc3nnc(-c4ccccc4)n3n2)cc1. The lowest BCUT2D eigenvalue weighted by atomic mass is 10.2. The van der Waals surface area contributed by atoms with Crippen molar-refractivity contribution >= 4 is 40.6 Å². The lowest BCUT2D eigenvalue weighted by molar-refractivity contribution is -0.114. The summed E-state index contributed by atoms with van der Waals surface area (Å²) in [7, 11) is 0. The Morgan fingerprint density at radius 1 is 0.900 bits per heavy atom. The van der Waals surface area contributed by atoms with Gasteiger partial charge in [-0.25, -0.2) is 0 Å². The number of nitrogens with one attached hydrogen (secondary N) is 2. The topological polar surface area (TPSA) is 101 Å². The summed E-state index contributed by atoms with van der Waals surface area (Å²) in [6.07, 6.45) is 0. The Hall–Kier alpha value is -3.72. The number of nitrogens with zero attached hydrogens (tertiary/aromatic N) is 4. The summed E-state index contributed by atoms with van der Waals surface area (Å²) >= 11 is 1.32. The van der Waals surface area contributed by atoms with Gasteiger partial charge in [-0.2, -0.15) is 9.61 Å². The summed E-state index contributed by atoms with van der Waals surface area (Å²) in [5.74, 6) is 0.559. The monoisotopic (exact) mass is 418 g/mol. The van der Waals surface area contributed by atoms with Gasteiger partial charge in [0.1, 0.15) is 5.03 Å². The minimum absolute atomic E-state index is 0.142. The standard InChI is InChI=1S/C21H18N6O2S/c1-14(28)22-16-7-9-17(10-8-16)23-19(29)13-30-20-12-11-18-24-25-21(27(18)26-20)15-5-3-2-4-6-15/h2-12H,13H2,1H3,(H,22,28)(H,23,29). The van der Waals surface area contributed by atoms with E-state index < -0.39 is 0 Å². The van der Waals surface area contributed by atoms with Gasteiger partial charge in [-0.1, -0.05) is 42.1 Å². The number of hydrogen-bond acceptors (Lipinski definition) is 6. The van der Waals surface area contributed by atoms with Gasteiger partial charge in [-0.15, -0.1) is 10.2 Å². The van der Waals surface area contributed by atoms with Crippen LogP contribution in [0.5, 0.6) is 0 Å². The molecule has 0 aliphatic carbocycles. The number of fused-ring (bicyclic) bond motifs is 1. The van der Waals surface area contributed by atoms with Crippen molar-refractivity contribution in [3.63, 3.8) is 0 Å². The average molecular weight is 418 g/mol. The van der Waals surface area contributed by atoms with E-state index in [1.54, 1.807) is 28.8 Å². The molecule has 30 heavy (non-hydrogen) atoms. The highest BCUT2D eigenvalue weighted by atomic mass is 32.2. The van der Waals surface area contributed by atoms with E-state index in [1.165, 1.54) is 18.7 Å².